The zero-order valence-corrected chi connectivity index (χ0v) is 19.9. The van der Waals surface area contributed by atoms with E-state index in [0.717, 1.165) is 33.3 Å². The largest absolute Gasteiger partial charge is 0.497 e. The molecular formula is C29H31FN2O2. The van der Waals surface area contributed by atoms with Crippen LogP contribution in [0.15, 0.2) is 79.0 Å². The maximum Gasteiger partial charge on any atom is 0.220 e. The van der Waals surface area contributed by atoms with Gasteiger partial charge in [-0.05, 0) is 52.9 Å². The van der Waals surface area contributed by atoms with Gasteiger partial charge in [0.2, 0.25) is 5.91 Å². The lowest BCUT2D eigenvalue weighted by molar-refractivity contribution is -0.121. The van der Waals surface area contributed by atoms with Crippen LogP contribution < -0.4 is 10.1 Å². The molecule has 1 heterocycles. The highest BCUT2D eigenvalue weighted by Crippen LogP contribution is 2.35. The quantitative estimate of drug-likeness (QED) is 0.328. The van der Waals surface area contributed by atoms with Crippen LogP contribution in [-0.2, 0) is 11.3 Å². The van der Waals surface area contributed by atoms with Crippen molar-refractivity contribution in [1.82, 2.24) is 9.88 Å². The molecule has 0 radical (unpaired) electrons. The first-order chi connectivity index (χ1) is 16.4. The van der Waals surface area contributed by atoms with Crippen molar-refractivity contribution in [2.75, 3.05) is 13.7 Å². The van der Waals surface area contributed by atoms with Crippen molar-refractivity contribution in [3.63, 3.8) is 0 Å². The fourth-order valence-electron chi connectivity index (χ4n) is 4.29. The van der Waals surface area contributed by atoms with Crippen LogP contribution >= 0.6 is 0 Å². The molecule has 0 bridgehead atoms. The monoisotopic (exact) mass is 458 g/mol. The van der Waals surface area contributed by atoms with E-state index in [-0.39, 0.29) is 17.6 Å². The minimum absolute atomic E-state index is 0.0323. The molecule has 1 N–H and O–H groups in total. The molecule has 1 atom stereocenters. The van der Waals surface area contributed by atoms with Crippen molar-refractivity contribution in [1.29, 1.82) is 0 Å². The van der Waals surface area contributed by atoms with E-state index in [2.05, 4.69) is 42.1 Å². The molecule has 34 heavy (non-hydrogen) atoms. The highest BCUT2D eigenvalue weighted by Gasteiger charge is 2.23. The van der Waals surface area contributed by atoms with E-state index in [0.29, 0.717) is 25.4 Å². The first kappa shape index (κ1) is 23.6. The van der Waals surface area contributed by atoms with E-state index in [9.17, 15) is 9.18 Å². The molecule has 1 amide bonds. The van der Waals surface area contributed by atoms with Crippen molar-refractivity contribution in [2.24, 2.45) is 5.92 Å². The maximum absolute atomic E-state index is 13.4. The molecule has 1 aromatic heterocycles. The molecule has 4 rings (SSSR count). The molecule has 176 valence electrons. The lowest BCUT2D eigenvalue weighted by atomic mass is 9.88. The average Bonchev–Trinajstić information content (AvgIpc) is 3.21. The third-order valence-electron chi connectivity index (χ3n) is 6.08. The standard InChI is InChI=1S/C29H31FN2O2/c1-20(2)17-31-29(33)16-26(22-10-14-24(34-3)15-11-22)27-19-32(28-7-5-4-6-25(27)28)18-21-8-12-23(30)13-9-21/h4-15,19-20,26H,16-18H2,1-3H3,(H,31,33). The van der Waals surface area contributed by atoms with Gasteiger partial charge in [0.15, 0.2) is 0 Å². The van der Waals surface area contributed by atoms with Crippen molar-refractivity contribution < 1.29 is 13.9 Å². The topological polar surface area (TPSA) is 43.3 Å². The Kier molecular flexibility index (Phi) is 7.31. The van der Waals surface area contributed by atoms with Crippen LogP contribution in [0.2, 0.25) is 0 Å². The number of halogens is 1. The molecule has 0 saturated carbocycles. The summed E-state index contributed by atoms with van der Waals surface area (Å²) >= 11 is 0. The molecule has 0 spiro atoms. The number of aromatic nitrogens is 1. The number of nitrogens with one attached hydrogen (secondary N) is 1. The van der Waals surface area contributed by atoms with Gasteiger partial charge in [-0.15, -0.1) is 0 Å². The minimum atomic E-state index is -0.242. The summed E-state index contributed by atoms with van der Waals surface area (Å²) in [6.07, 6.45) is 2.49. The highest BCUT2D eigenvalue weighted by molar-refractivity contribution is 5.86. The summed E-state index contributed by atoms with van der Waals surface area (Å²) < 4.78 is 20.9. The fraction of sp³-hybridized carbons (Fsp3) is 0.276. The van der Waals surface area contributed by atoms with Crippen LogP contribution in [0.5, 0.6) is 5.75 Å². The number of methoxy groups -OCH3 is 1. The SMILES string of the molecule is COc1ccc(C(CC(=O)NCC(C)C)c2cn(Cc3ccc(F)cc3)c3ccccc23)cc1. The molecule has 4 nitrogen and oxygen atoms in total. The molecule has 0 aliphatic heterocycles. The number of ether oxygens (including phenoxy) is 1. The lowest BCUT2D eigenvalue weighted by Gasteiger charge is -2.18. The van der Waals surface area contributed by atoms with Gasteiger partial charge in [0.05, 0.1) is 7.11 Å². The first-order valence-electron chi connectivity index (χ1n) is 11.7. The van der Waals surface area contributed by atoms with E-state index in [4.69, 9.17) is 4.74 Å². The first-order valence-corrected chi connectivity index (χ1v) is 11.7. The molecule has 3 aromatic carbocycles. The zero-order chi connectivity index (χ0) is 24.1. The molecule has 0 fully saturated rings. The van der Waals surface area contributed by atoms with E-state index in [1.807, 2.05) is 48.5 Å². The van der Waals surface area contributed by atoms with Crippen molar-refractivity contribution in [3.05, 3.63) is 102 Å². The molecular weight excluding hydrogens is 427 g/mol. The molecule has 0 saturated heterocycles. The van der Waals surface area contributed by atoms with Gasteiger partial charge < -0.3 is 14.6 Å². The number of amides is 1. The van der Waals surface area contributed by atoms with Crippen LogP contribution in [0.4, 0.5) is 4.39 Å². The lowest BCUT2D eigenvalue weighted by Crippen LogP contribution is -2.28. The van der Waals surface area contributed by atoms with E-state index < -0.39 is 0 Å². The van der Waals surface area contributed by atoms with Crippen LogP contribution in [0.1, 0.15) is 42.9 Å². The maximum atomic E-state index is 13.4. The van der Waals surface area contributed by atoms with Gasteiger partial charge in [0.25, 0.3) is 0 Å². The third-order valence-corrected chi connectivity index (χ3v) is 6.08. The number of hydrogen-bond donors (Lipinski definition) is 1. The number of carbonyl (C=O) groups excluding carboxylic acids is 1. The summed E-state index contributed by atoms with van der Waals surface area (Å²) in [5.41, 5.74) is 4.26. The molecule has 4 aromatic rings. The highest BCUT2D eigenvalue weighted by atomic mass is 19.1. The van der Waals surface area contributed by atoms with E-state index in [1.54, 1.807) is 7.11 Å². The summed E-state index contributed by atoms with van der Waals surface area (Å²) in [6, 6.07) is 22.8. The van der Waals surface area contributed by atoms with Crippen LogP contribution in [0.25, 0.3) is 10.9 Å². The van der Waals surface area contributed by atoms with Crippen LogP contribution in [0.3, 0.4) is 0 Å². The second-order valence-corrected chi connectivity index (χ2v) is 9.08. The summed E-state index contributed by atoms with van der Waals surface area (Å²) in [5.74, 6) is 0.850. The van der Waals surface area contributed by atoms with Gasteiger partial charge in [-0.1, -0.05) is 56.3 Å². The van der Waals surface area contributed by atoms with Gasteiger partial charge in [-0.2, -0.15) is 0 Å². The molecule has 1 unspecified atom stereocenters. The molecule has 5 heteroatoms. The van der Waals surface area contributed by atoms with Crippen LogP contribution in [-0.4, -0.2) is 24.1 Å². The number of rotatable bonds is 9. The fourth-order valence-corrected chi connectivity index (χ4v) is 4.29. The van der Waals surface area contributed by atoms with Gasteiger partial charge in [0, 0.05) is 42.5 Å². The van der Waals surface area contributed by atoms with E-state index >= 15 is 0 Å². The van der Waals surface area contributed by atoms with E-state index in [1.165, 1.54) is 12.1 Å². The second kappa shape index (κ2) is 10.6. The summed E-state index contributed by atoms with van der Waals surface area (Å²) in [5, 5.41) is 4.18. The average molecular weight is 459 g/mol. The van der Waals surface area contributed by atoms with Gasteiger partial charge in [-0.25, -0.2) is 4.39 Å². The van der Waals surface area contributed by atoms with Crippen LogP contribution in [0, 0.1) is 11.7 Å². The summed E-state index contributed by atoms with van der Waals surface area (Å²) in [4.78, 5) is 12.9. The van der Waals surface area contributed by atoms with Crippen molar-refractivity contribution in [2.45, 2.75) is 32.7 Å². The number of fused-ring (bicyclic) bond motifs is 1. The Labute approximate surface area is 200 Å². The molecule has 0 aliphatic rings. The number of para-hydroxylation sites is 1. The van der Waals surface area contributed by atoms with Gasteiger partial charge >= 0.3 is 0 Å². The third kappa shape index (κ3) is 5.48. The Bertz CT molecular complexity index is 1240. The Hall–Kier alpha value is -3.60. The Morgan fingerprint density at radius 3 is 2.38 bits per heavy atom. The normalized spacial score (nSPS) is 12.1. The van der Waals surface area contributed by atoms with Crippen molar-refractivity contribution >= 4 is 16.8 Å². The predicted molar refractivity (Wildman–Crippen MR) is 135 cm³/mol. The number of nitrogens with zero attached hydrogens (tertiary/aromatic N) is 1. The predicted octanol–water partition coefficient (Wildman–Crippen LogP) is 6.13. The van der Waals surface area contributed by atoms with Gasteiger partial charge in [0.1, 0.15) is 11.6 Å². The minimum Gasteiger partial charge on any atom is -0.497 e. The Morgan fingerprint density at radius 1 is 1.00 bits per heavy atom. The summed E-state index contributed by atoms with van der Waals surface area (Å²) in [7, 11) is 1.65. The number of hydrogen-bond acceptors (Lipinski definition) is 2. The van der Waals surface area contributed by atoms with Crippen molar-refractivity contribution in [3.8, 4) is 5.75 Å². The Balaban J connectivity index is 1.74. The molecule has 0 aliphatic carbocycles. The smallest absolute Gasteiger partial charge is 0.220 e. The number of benzene rings is 3. The summed E-state index contributed by atoms with van der Waals surface area (Å²) in [6.45, 7) is 5.45. The second-order valence-electron chi connectivity index (χ2n) is 9.08. The Morgan fingerprint density at radius 2 is 1.71 bits per heavy atom. The number of carbonyl (C=O) groups is 1. The van der Waals surface area contributed by atoms with Gasteiger partial charge in [-0.3, -0.25) is 4.79 Å². The zero-order valence-electron chi connectivity index (χ0n) is 19.9.